The quantitative estimate of drug-likeness (QED) is 0.269. The molecule has 2 atom stereocenters. The van der Waals surface area contributed by atoms with Crippen LogP contribution in [-0.4, -0.2) is 119 Å². The molecule has 2 aliphatic carbocycles. The van der Waals surface area contributed by atoms with Crippen LogP contribution in [0.1, 0.15) is 147 Å². The van der Waals surface area contributed by atoms with Crippen LogP contribution in [0.15, 0.2) is 0 Å². The number of rotatable bonds is 6. The van der Waals surface area contributed by atoms with Crippen molar-refractivity contribution in [2.75, 3.05) is 80.8 Å². The highest BCUT2D eigenvalue weighted by Crippen LogP contribution is 2.40. The summed E-state index contributed by atoms with van der Waals surface area (Å²) in [7, 11) is 8.62. The van der Waals surface area contributed by atoms with Gasteiger partial charge in [-0.05, 0) is 139 Å². The number of likely N-dealkylation sites (tertiary alicyclic amines) is 1. The van der Waals surface area contributed by atoms with Gasteiger partial charge in [0.2, 0.25) is 0 Å². The van der Waals surface area contributed by atoms with E-state index in [1.54, 1.807) is 0 Å². The minimum absolute atomic E-state index is 0.177. The Balaban J connectivity index is 0.000000332. The molecule has 0 aromatic rings. The Kier molecular flexibility index (Phi) is 24.7. The molecule has 7 heteroatoms. The fourth-order valence-corrected chi connectivity index (χ4v) is 8.05. The summed E-state index contributed by atoms with van der Waals surface area (Å²) in [5.74, 6) is 5.24. The summed E-state index contributed by atoms with van der Waals surface area (Å²) in [5.41, 5.74) is -0.238. The Morgan fingerprint density at radius 1 is 0.585 bits per heavy atom. The van der Waals surface area contributed by atoms with Gasteiger partial charge in [0.15, 0.2) is 0 Å². The molecule has 5 aliphatic rings. The second kappa shape index (κ2) is 25.8. The Hall–Kier alpha value is -0.310. The lowest BCUT2D eigenvalue weighted by atomic mass is 9.70. The van der Waals surface area contributed by atoms with E-state index in [0.29, 0.717) is 42.3 Å². The fraction of sp³-hybridized carbons (Fsp3) is 1.00. The third-order valence-electron chi connectivity index (χ3n) is 13.2. The summed E-state index contributed by atoms with van der Waals surface area (Å²) in [6, 6.07) is 0.861. The highest BCUT2D eigenvalue weighted by atomic mass is 19.1. The fourth-order valence-electron chi connectivity index (χ4n) is 8.05. The van der Waals surface area contributed by atoms with Crippen molar-refractivity contribution in [2.24, 2.45) is 46.8 Å². The lowest BCUT2D eigenvalue weighted by molar-refractivity contribution is -0.105. The van der Waals surface area contributed by atoms with Gasteiger partial charge in [-0.15, -0.1) is 0 Å². The zero-order chi connectivity index (χ0) is 40.4. The van der Waals surface area contributed by atoms with Crippen molar-refractivity contribution in [1.29, 1.82) is 0 Å². The number of likely N-dealkylation sites (N-methyl/N-ethyl adjacent to an activating group) is 1. The van der Waals surface area contributed by atoms with Crippen LogP contribution in [0, 0.1) is 46.8 Å². The zero-order valence-electron chi connectivity index (χ0n) is 38.4. The van der Waals surface area contributed by atoms with E-state index in [1.807, 2.05) is 13.8 Å². The number of morpholine rings is 1. The van der Waals surface area contributed by atoms with E-state index in [4.69, 9.17) is 14.2 Å². The van der Waals surface area contributed by atoms with E-state index in [9.17, 15) is 4.39 Å². The highest BCUT2D eigenvalue weighted by molar-refractivity contribution is 4.88. The Morgan fingerprint density at radius 3 is 1.43 bits per heavy atom. The molecular formula is C46H94FN3O3. The van der Waals surface area contributed by atoms with Crippen LogP contribution in [0.25, 0.3) is 0 Å². The number of alkyl halides is 1. The number of halogens is 1. The minimum atomic E-state index is -0.882. The molecule has 0 amide bonds. The maximum absolute atomic E-state index is 13.8. The molecule has 0 bridgehead atoms. The molecule has 2 unspecified atom stereocenters. The predicted octanol–water partition coefficient (Wildman–Crippen LogP) is 10.7. The van der Waals surface area contributed by atoms with E-state index in [1.165, 1.54) is 51.4 Å². The van der Waals surface area contributed by atoms with Crippen molar-refractivity contribution in [3.05, 3.63) is 0 Å². The topological polar surface area (TPSA) is 37.4 Å². The van der Waals surface area contributed by atoms with Crippen molar-refractivity contribution in [3.8, 4) is 0 Å². The monoisotopic (exact) mass is 756 g/mol. The lowest BCUT2D eigenvalue weighted by Gasteiger charge is -2.37. The van der Waals surface area contributed by atoms with Gasteiger partial charge in [-0.1, -0.05) is 83.1 Å². The first-order valence-electron chi connectivity index (χ1n) is 22.2. The van der Waals surface area contributed by atoms with Crippen molar-refractivity contribution in [2.45, 2.75) is 171 Å². The molecule has 0 aromatic carbocycles. The standard InChI is InChI=1S/C11H23N.C11H22.C9H18FN.C8H17NO.C7H14O2/c1-9(2)10-5-7-11(8-6-10)12(3)4;1-9(2)10-5-7-11(3,4)8-6-10;1-8(2)9(10)4-6-11(3)7-5-9;1-7(2)8-6-9(3)4-5-10-8;1-6(2)7-5-8-3-4-9-7/h9-11H,5-8H2,1-4H3;9-10H,5-8H2,1-4H3;8H,4-7H2,1-3H3;7-8H,4-6H2,1-3H3;6-7H,3-5H2,1-2H3. The van der Waals surface area contributed by atoms with Gasteiger partial charge in [-0.25, -0.2) is 4.39 Å². The normalized spacial score (nSPS) is 28.4. The van der Waals surface area contributed by atoms with E-state index in [2.05, 4.69) is 112 Å². The number of hydrogen-bond donors (Lipinski definition) is 0. The van der Waals surface area contributed by atoms with Crippen LogP contribution < -0.4 is 0 Å². The van der Waals surface area contributed by atoms with Crippen LogP contribution in [0.4, 0.5) is 4.39 Å². The molecule has 53 heavy (non-hydrogen) atoms. The van der Waals surface area contributed by atoms with Gasteiger partial charge in [-0.2, -0.15) is 0 Å². The summed E-state index contributed by atoms with van der Waals surface area (Å²) in [6.07, 6.45) is 13.7. The van der Waals surface area contributed by atoms with Gasteiger partial charge in [0.1, 0.15) is 5.67 Å². The third-order valence-corrected chi connectivity index (χ3v) is 13.2. The first-order chi connectivity index (χ1) is 24.7. The molecule has 3 heterocycles. The van der Waals surface area contributed by atoms with Gasteiger partial charge in [0, 0.05) is 32.2 Å². The number of hydrogen-bond acceptors (Lipinski definition) is 6. The van der Waals surface area contributed by atoms with E-state index >= 15 is 0 Å². The Morgan fingerprint density at radius 2 is 1.08 bits per heavy atom. The smallest absolute Gasteiger partial charge is 0.115 e. The molecule has 3 aliphatic heterocycles. The summed E-state index contributed by atoms with van der Waals surface area (Å²) < 4.78 is 30.0. The number of nitrogens with zero attached hydrogens (tertiary/aromatic N) is 3. The molecule has 318 valence electrons. The molecule has 0 radical (unpaired) electrons. The van der Waals surface area contributed by atoms with Crippen LogP contribution in [0.5, 0.6) is 0 Å². The number of ether oxygens (including phenoxy) is 3. The average Bonchev–Trinajstić information content (AvgIpc) is 3.11. The van der Waals surface area contributed by atoms with Gasteiger partial charge in [0.05, 0.1) is 38.6 Å². The highest BCUT2D eigenvalue weighted by Gasteiger charge is 2.36. The molecule has 0 spiro atoms. The zero-order valence-corrected chi connectivity index (χ0v) is 38.4. The van der Waals surface area contributed by atoms with Crippen molar-refractivity contribution >= 4 is 0 Å². The molecule has 0 aromatic heterocycles. The maximum atomic E-state index is 13.8. The SMILES string of the molecule is CC(C)C1(F)CCN(C)CC1.CC(C)C1CCC(C)(C)CC1.CC(C)C1CCC(N(C)C)CC1.CC(C)C1CN(C)CCO1.CC(C)C1COCCO1. The number of piperidine rings is 1. The largest absolute Gasteiger partial charge is 0.376 e. The third kappa shape index (κ3) is 21.1. The molecule has 5 rings (SSSR count). The van der Waals surface area contributed by atoms with E-state index < -0.39 is 5.67 Å². The summed E-state index contributed by atoms with van der Waals surface area (Å²) in [6.45, 7) is 34.2. The Bertz CT molecular complexity index is 862. The second-order valence-electron chi connectivity index (χ2n) is 20.2. The molecule has 2 saturated carbocycles. The first-order valence-corrected chi connectivity index (χ1v) is 22.2. The maximum Gasteiger partial charge on any atom is 0.115 e. The van der Waals surface area contributed by atoms with Gasteiger partial charge in [0.25, 0.3) is 0 Å². The van der Waals surface area contributed by atoms with Crippen LogP contribution in [-0.2, 0) is 14.2 Å². The first kappa shape index (κ1) is 50.7. The molecule has 3 saturated heterocycles. The molecule has 0 N–H and O–H groups in total. The predicted molar refractivity (Wildman–Crippen MR) is 228 cm³/mol. The van der Waals surface area contributed by atoms with Crippen molar-refractivity contribution in [1.82, 2.24) is 14.7 Å². The average molecular weight is 756 g/mol. The van der Waals surface area contributed by atoms with Crippen LogP contribution >= 0.6 is 0 Å². The van der Waals surface area contributed by atoms with E-state index in [-0.39, 0.29) is 5.92 Å². The molecule has 5 fully saturated rings. The van der Waals surface area contributed by atoms with Gasteiger partial charge >= 0.3 is 0 Å². The van der Waals surface area contributed by atoms with E-state index in [0.717, 1.165) is 82.3 Å². The van der Waals surface area contributed by atoms with Crippen LogP contribution in [0.3, 0.4) is 0 Å². The van der Waals surface area contributed by atoms with Crippen molar-refractivity contribution < 1.29 is 18.6 Å². The van der Waals surface area contributed by atoms with Gasteiger partial charge in [-0.3, -0.25) is 0 Å². The summed E-state index contributed by atoms with van der Waals surface area (Å²) >= 11 is 0. The minimum Gasteiger partial charge on any atom is -0.376 e. The second-order valence-corrected chi connectivity index (χ2v) is 20.2. The van der Waals surface area contributed by atoms with Crippen LogP contribution in [0.2, 0.25) is 0 Å². The molecule has 6 nitrogen and oxygen atoms in total. The Labute approximate surface area is 331 Å². The summed E-state index contributed by atoms with van der Waals surface area (Å²) in [4.78, 5) is 6.91. The van der Waals surface area contributed by atoms with Gasteiger partial charge < -0.3 is 28.9 Å². The molecular weight excluding hydrogens is 662 g/mol. The lowest BCUT2D eigenvalue weighted by Crippen LogP contribution is -2.42. The van der Waals surface area contributed by atoms with Crippen molar-refractivity contribution in [3.63, 3.8) is 0 Å². The summed E-state index contributed by atoms with van der Waals surface area (Å²) in [5, 5.41) is 0.